The molecule has 1 aliphatic carbocycles. The Hall–Kier alpha value is -0.680. The number of anilines is 1. The lowest BCUT2D eigenvalue weighted by Crippen LogP contribution is -2.35. The molecule has 1 saturated heterocycles. The highest BCUT2D eigenvalue weighted by molar-refractivity contribution is 7.09. The molecule has 0 amide bonds. The average molecular weight is 238 g/mol. The van der Waals surface area contributed by atoms with Crippen molar-refractivity contribution in [1.82, 2.24) is 14.7 Å². The molecule has 1 atom stereocenters. The SMILES string of the molecule is CN(CC1CCCN1)c1nc(C2CC2)ns1. The molecule has 5 heteroatoms. The highest BCUT2D eigenvalue weighted by atomic mass is 32.1. The summed E-state index contributed by atoms with van der Waals surface area (Å²) in [6.07, 6.45) is 5.16. The fourth-order valence-electron chi connectivity index (χ4n) is 2.21. The molecule has 88 valence electrons. The molecule has 1 N–H and O–H groups in total. The molecule has 2 heterocycles. The highest BCUT2D eigenvalue weighted by Crippen LogP contribution is 2.39. The van der Waals surface area contributed by atoms with Gasteiger partial charge < -0.3 is 10.2 Å². The molecular weight excluding hydrogens is 220 g/mol. The van der Waals surface area contributed by atoms with Crippen LogP contribution in [0.3, 0.4) is 0 Å². The predicted molar refractivity (Wildman–Crippen MR) is 66.2 cm³/mol. The number of likely N-dealkylation sites (N-methyl/N-ethyl adjacent to an activating group) is 1. The van der Waals surface area contributed by atoms with Crippen molar-refractivity contribution in [2.24, 2.45) is 0 Å². The maximum Gasteiger partial charge on any atom is 0.205 e. The first-order valence-electron chi connectivity index (χ1n) is 6.11. The molecular formula is C11H18N4S. The third kappa shape index (κ3) is 2.20. The van der Waals surface area contributed by atoms with Gasteiger partial charge in [-0.3, -0.25) is 0 Å². The first kappa shape index (κ1) is 10.5. The molecule has 2 aliphatic rings. The van der Waals surface area contributed by atoms with Crippen LogP contribution in [0.1, 0.15) is 37.4 Å². The van der Waals surface area contributed by atoms with Gasteiger partial charge in [0, 0.05) is 37.1 Å². The Balaban J connectivity index is 1.61. The van der Waals surface area contributed by atoms with E-state index in [1.165, 1.54) is 32.2 Å². The van der Waals surface area contributed by atoms with E-state index in [1.807, 2.05) is 0 Å². The van der Waals surface area contributed by atoms with E-state index in [0.29, 0.717) is 12.0 Å². The largest absolute Gasteiger partial charge is 0.348 e. The average Bonchev–Trinajstić information content (AvgIpc) is 2.82. The molecule has 2 fully saturated rings. The Kier molecular flexibility index (Phi) is 2.81. The Morgan fingerprint density at radius 2 is 2.31 bits per heavy atom. The molecule has 0 spiro atoms. The number of nitrogens with zero attached hydrogens (tertiary/aromatic N) is 3. The minimum Gasteiger partial charge on any atom is -0.348 e. The monoisotopic (exact) mass is 238 g/mol. The van der Waals surface area contributed by atoms with Crippen molar-refractivity contribution in [2.45, 2.75) is 37.6 Å². The zero-order chi connectivity index (χ0) is 11.0. The van der Waals surface area contributed by atoms with Crippen LogP contribution in [0.4, 0.5) is 5.13 Å². The van der Waals surface area contributed by atoms with Crippen molar-refractivity contribution in [3.8, 4) is 0 Å². The maximum atomic E-state index is 4.62. The normalized spacial score (nSPS) is 24.9. The molecule has 1 unspecified atom stereocenters. The third-order valence-electron chi connectivity index (χ3n) is 3.36. The van der Waals surface area contributed by atoms with E-state index >= 15 is 0 Å². The van der Waals surface area contributed by atoms with Gasteiger partial charge in [-0.2, -0.15) is 4.37 Å². The summed E-state index contributed by atoms with van der Waals surface area (Å²) in [6, 6.07) is 0.637. The molecule has 0 bridgehead atoms. The lowest BCUT2D eigenvalue weighted by atomic mass is 10.2. The van der Waals surface area contributed by atoms with Gasteiger partial charge >= 0.3 is 0 Å². The van der Waals surface area contributed by atoms with Crippen LogP contribution in [-0.4, -0.2) is 35.5 Å². The summed E-state index contributed by atoms with van der Waals surface area (Å²) in [7, 11) is 2.12. The maximum absolute atomic E-state index is 4.62. The van der Waals surface area contributed by atoms with Crippen LogP contribution in [-0.2, 0) is 0 Å². The van der Waals surface area contributed by atoms with Gasteiger partial charge in [0.15, 0.2) is 0 Å². The van der Waals surface area contributed by atoms with Gasteiger partial charge in [0.2, 0.25) is 5.13 Å². The molecule has 0 aromatic carbocycles. The number of hydrogen-bond acceptors (Lipinski definition) is 5. The Morgan fingerprint density at radius 3 is 3.00 bits per heavy atom. The Bertz CT molecular complexity index is 355. The third-order valence-corrected chi connectivity index (χ3v) is 4.20. The van der Waals surface area contributed by atoms with Crippen LogP contribution in [0.25, 0.3) is 0 Å². The second kappa shape index (κ2) is 4.30. The second-order valence-corrected chi connectivity index (χ2v) is 5.61. The number of rotatable bonds is 4. The summed E-state index contributed by atoms with van der Waals surface area (Å²) in [5.41, 5.74) is 0. The summed E-state index contributed by atoms with van der Waals surface area (Å²) in [4.78, 5) is 6.86. The first-order chi connectivity index (χ1) is 7.83. The minimum absolute atomic E-state index is 0.637. The van der Waals surface area contributed by atoms with Crippen LogP contribution in [0, 0.1) is 0 Å². The van der Waals surface area contributed by atoms with Crippen molar-refractivity contribution in [3.05, 3.63) is 5.82 Å². The number of nitrogens with one attached hydrogen (secondary N) is 1. The van der Waals surface area contributed by atoms with Crippen molar-refractivity contribution < 1.29 is 0 Å². The lowest BCUT2D eigenvalue weighted by molar-refractivity contribution is 0.599. The van der Waals surface area contributed by atoms with E-state index in [-0.39, 0.29) is 0 Å². The summed E-state index contributed by atoms with van der Waals surface area (Å²) >= 11 is 1.55. The Labute approximate surface area is 100 Å². The van der Waals surface area contributed by atoms with Gasteiger partial charge in [0.1, 0.15) is 5.82 Å². The molecule has 4 nitrogen and oxygen atoms in total. The van der Waals surface area contributed by atoms with Crippen LogP contribution in [0.15, 0.2) is 0 Å². The van der Waals surface area contributed by atoms with Crippen molar-refractivity contribution in [3.63, 3.8) is 0 Å². The summed E-state index contributed by atoms with van der Waals surface area (Å²) in [6.45, 7) is 2.22. The van der Waals surface area contributed by atoms with Gasteiger partial charge in [-0.25, -0.2) is 4.98 Å². The summed E-state index contributed by atoms with van der Waals surface area (Å²) in [5.74, 6) is 1.74. The van der Waals surface area contributed by atoms with E-state index in [4.69, 9.17) is 0 Å². The molecule has 1 aliphatic heterocycles. The minimum atomic E-state index is 0.637. The summed E-state index contributed by atoms with van der Waals surface area (Å²) in [5, 5.41) is 4.59. The highest BCUT2D eigenvalue weighted by Gasteiger charge is 2.28. The van der Waals surface area contributed by atoms with E-state index < -0.39 is 0 Å². The number of aromatic nitrogens is 2. The molecule has 1 aromatic rings. The van der Waals surface area contributed by atoms with Gasteiger partial charge in [0.05, 0.1) is 0 Å². The van der Waals surface area contributed by atoms with Crippen LogP contribution >= 0.6 is 11.5 Å². The summed E-state index contributed by atoms with van der Waals surface area (Å²) < 4.78 is 4.44. The fraction of sp³-hybridized carbons (Fsp3) is 0.818. The van der Waals surface area contributed by atoms with E-state index in [9.17, 15) is 0 Å². The van der Waals surface area contributed by atoms with E-state index in [2.05, 4.69) is 26.6 Å². The van der Waals surface area contributed by atoms with E-state index in [0.717, 1.165) is 17.5 Å². The molecule has 3 rings (SSSR count). The fourth-order valence-corrected chi connectivity index (χ4v) is 2.92. The molecule has 1 aromatic heterocycles. The smallest absolute Gasteiger partial charge is 0.205 e. The standard InChI is InChI=1S/C11H18N4S/c1-15(7-9-3-2-6-12-9)11-13-10(14-16-11)8-4-5-8/h8-9,12H,2-7H2,1H3. The van der Waals surface area contributed by atoms with Crippen molar-refractivity contribution in [2.75, 3.05) is 25.0 Å². The van der Waals surface area contributed by atoms with Crippen molar-refractivity contribution in [1.29, 1.82) is 0 Å². The quantitative estimate of drug-likeness (QED) is 0.865. The first-order valence-corrected chi connectivity index (χ1v) is 6.88. The predicted octanol–water partition coefficient (Wildman–Crippen LogP) is 1.60. The Morgan fingerprint density at radius 1 is 1.44 bits per heavy atom. The van der Waals surface area contributed by atoms with Gasteiger partial charge in [-0.1, -0.05) is 0 Å². The van der Waals surface area contributed by atoms with Crippen LogP contribution in [0.2, 0.25) is 0 Å². The zero-order valence-electron chi connectivity index (χ0n) is 9.65. The molecule has 1 saturated carbocycles. The topological polar surface area (TPSA) is 41.0 Å². The van der Waals surface area contributed by atoms with Crippen LogP contribution < -0.4 is 10.2 Å². The van der Waals surface area contributed by atoms with Gasteiger partial charge in [-0.15, -0.1) is 0 Å². The molecule has 0 radical (unpaired) electrons. The van der Waals surface area contributed by atoms with Gasteiger partial charge in [0.25, 0.3) is 0 Å². The van der Waals surface area contributed by atoms with E-state index in [1.54, 1.807) is 11.5 Å². The van der Waals surface area contributed by atoms with Crippen molar-refractivity contribution >= 4 is 16.7 Å². The molecule has 16 heavy (non-hydrogen) atoms. The zero-order valence-corrected chi connectivity index (χ0v) is 10.5. The van der Waals surface area contributed by atoms with Gasteiger partial charge in [-0.05, 0) is 32.2 Å². The number of hydrogen-bond donors (Lipinski definition) is 1. The lowest BCUT2D eigenvalue weighted by Gasteiger charge is -2.19. The van der Waals surface area contributed by atoms with Crippen LogP contribution in [0.5, 0.6) is 0 Å². The second-order valence-electron chi connectivity index (χ2n) is 4.88.